The summed E-state index contributed by atoms with van der Waals surface area (Å²) in [6.45, 7) is 3.23. The molecule has 0 atom stereocenters. The number of likely N-dealkylation sites (N-methyl/N-ethyl adjacent to an activating group) is 1. The zero-order valence-corrected chi connectivity index (χ0v) is 10.9. The predicted molar refractivity (Wildman–Crippen MR) is 70.3 cm³/mol. The van der Waals surface area contributed by atoms with E-state index in [2.05, 4.69) is 27.0 Å². The van der Waals surface area contributed by atoms with E-state index in [-0.39, 0.29) is 5.91 Å². The molecule has 2 heterocycles. The van der Waals surface area contributed by atoms with Gasteiger partial charge in [0, 0.05) is 30.6 Å². The van der Waals surface area contributed by atoms with E-state index in [0.717, 1.165) is 26.1 Å². The van der Waals surface area contributed by atoms with Crippen LogP contribution in [0.1, 0.15) is 4.88 Å². The molecule has 0 aromatic carbocycles. The average Bonchev–Trinajstić information content (AvgIpc) is 2.67. The van der Waals surface area contributed by atoms with E-state index in [0.29, 0.717) is 12.6 Å². The third-order valence-corrected chi connectivity index (χ3v) is 3.99. The van der Waals surface area contributed by atoms with Gasteiger partial charge in [-0.05, 0) is 24.9 Å². The monoisotopic (exact) mass is 253 g/mol. The second-order valence-corrected chi connectivity index (χ2v) is 5.44. The molecule has 0 radical (unpaired) electrons. The number of nitrogens with one attached hydrogen (secondary N) is 2. The Bertz CT molecular complexity index is 349. The van der Waals surface area contributed by atoms with Crippen molar-refractivity contribution in [2.75, 3.05) is 33.2 Å². The summed E-state index contributed by atoms with van der Waals surface area (Å²) < 4.78 is 0. The summed E-state index contributed by atoms with van der Waals surface area (Å²) in [6, 6.07) is 4.67. The van der Waals surface area contributed by atoms with Crippen molar-refractivity contribution in [3.8, 4) is 0 Å². The van der Waals surface area contributed by atoms with Gasteiger partial charge in [-0.2, -0.15) is 0 Å². The van der Waals surface area contributed by atoms with E-state index in [9.17, 15) is 4.79 Å². The Labute approximate surface area is 106 Å². The minimum Gasteiger partial charge on any atom is -0.355 e. The van der Waals surface area contributed by atoms with Gasteiger partial charge in [0.15, 0.2) is 0 Å². The van der Waals surface area contributed by atoms with Crippen LogP contribution in [0.3, 0.4) is 0 Å². The van der Waals surface area contributed by atoms with Crippen LogP contribution in [0.5, 0.6) is 0 Å². The van der Waals surface area contributed by atoms with Gasteiger partial charge >= 0.3 is 0 Å². The quantitative estimate of drug-likeness (QED) is 0.767. The predicted octanol–water partition coefficient (Wildman–Crippen LogP) is 0.310. The lowest BCUT2D eigenvalue weighted by Gasteiger charge is -2.35. The molecule has 17 heavy (non-hydrogen) atoms. The highest BCUT2D eigenvalue weighted by Gasteiger charge is 2.22. The molecule has 1 saturated heterocycles. The van der Waals surface area contributed by atoms with E-state index in [1.807, 2.05) is 13.1 Å². The molecule has 0 unspecified atom stereocenters. The summed E-state index contributed by atoms with van der Waals surface area (Å²) in [5.74, 6) is 0.121. The highest BCUT2D eigenvalue weighted by atomic mass is 32.1. The van der Waals surface area contributed by atoms with Gasteiger partial charge in [-0.1, -0.05) is 6.07 Å². The van der Waals surface area contributed by atoms with Crippen LogP contribution in [-0.4, -0.2) is 50.1 Å². The van der Waals surface area contributed by atoms with Crippen LogP contribution in [0, 0.1) is 0 Å². The Morgan fingerprint density at radius 1 is 1.65 bits per heavy atom. The lowest BCUT2D eigenvalue weighted by molar-refractivity contribution is -0.122. The van der Waals surface area contributed by atoms with Crippen molar-refractivity contribution in [2.45, 2.75) is 12.5 Å². The lowest BCUT2D eigenvalue weighted by atomic mass is 10.1. The zero-order chi connectivity index (χ0) is 12.1. The summed E-state index contributed by atoms with van der Waals surface area (Å²) in [5, 5.41) is 8.23. The molecule has 2 N–H and O–H groups in total. The van der Waals surface area contributed by atoms with Gasteiger partial charge < -0.3 is 10.6 Å². The molecule has 94 valence electrons. The van der Waals surface area contributed by atoms with Crippen LogP contribution in [-0.2, 0) is 11.2 Å². The fourth-order valence-corrected chi connectivity index (χ4v) is 2.49. The SMILES string of the molecule is CN(CC(=O)NCCc1cccs1)C1CNC1. The average molecular weight is 253 g/mol. The first-order valence-electron chi connectivity index (χ1n) is 5.96. The number of nitrogens with zero attached hydrogens (tertiary/aromatic N) is 1. The molecular weight excluding hydrogens is 234 g/mol. The molecule has 4 nitrogen and oxygen atoms in total. The Hall–Kier alpha value is -0.910. The third kappa shape index (κ3) is 3.80. The van der Waals surface area contributed by atoms with Crippen LogP contribution < -0.4 is 10.6 Å². The van der Waals surface area contributed by atoms with Gasteiger partial charge in [-0.15, -0.1) is 11.3 Å². The zero-order valence-electron chi connectivity index (χ0n) is 10.1. The number of thiophene rings is 1. The van der Waals surface area contributed by atoms with E-state index in [4.69, 9.17) is 0 Å². The number of hydrogen-bond acceptors (Lipinski definition) is 4. The highest BCUT2D eigenvalue weighted by molar-refractivity contribution is 7.09. The van der Waals surface area contributed by atoms with Gasteiger partial charge in [0.25, 0.3) is 0 Å². The van der Waals surface area contributed by atoms with Crippen LogP contribution >= 0.6 is 11.3 Å². The second-order valence-electron chi connectivity index (χ2n) is 4.41. The largest absolute Gasteiger partial charge is 0.355 e. The van der Waals surface area contributed by atoms with E-state index in [1.165, 1.54) is 4.88 Å². The van der Waals surface area contributed by atoms with Crippen molar-refractivity contribution in [1.82, 2.24) is 15.5 Å². The lowest BCUT2D eigenvalue weighted by Crippen LogP contribution is -2.57. The van der Waals surface area contributed by atoms with Gasteiger partial charge in [-0.3, -0.25) is 9.69 Å². The summed E-state index contributed by atoms with van der Waals surface area (Å²) in [4.78, 5) is 15.1. The number of rotatable bonds is 6. The molecule has 1 amide bonds. The third-order valence-electron chi connectivity index (χ3n) is 3.05. The molecule has 1 aromatic heterocycles. The first-order valence-corrected chi connectivity index (χ1v) is 6.83. The van der Waals surface area contributed by atoms with Crippen molar-refractivity contribution in [3.05, 3.63) is 22.4 Å². The van der Waals surface area contributed by atoms with E-state index < -0.39 is 0 Å². The summed E-state index contributed by atoms with van der Waals surface area (Å²) >= 11 is 1.74. The summed E-state index contributed by atoms with van der Waals surface area (Å²) in [7, 11) is 2.00. The first kappa shape index (κ1) is 12.5. The number of hydrogen-bond donors (Lipinski definition) is 2. The molecule has 5 heteroatoms. The van der Waals surface area contributed by atoms with Crippen molar-refractivity contribution >= 4 is 17.2 Å². The molecule has 1 fully saturated rings. The van der Waals surface area contributed by atoms with Crippen molar-refractivity contribution in [2.24, 2.45) is 0 Å². The molecule has 1 aliphatic rings. The van der Waals surface area contributed by atoms with E-state index >= 15 is 0 Å². The molecule has 1 aliphatic heterocycles. The van der Waals surface area contributed by atoms with Gasteiger partial charge in [0.2, 0.25) is 5.91 Å². The first-order chi connectivity index (χ1) is 8.25. The Balaban J connectivity index is 1.60. The minimum absolute atomic E-state index is 0.121. The van der Waals surface area contributed by atoms with E-state index in [1.54, 1.807) is 11.3 Å². The topological polar surface area (TPSA) is 44.4 Å². The Kier molecular flexibility index (Phi) is 4.53. The number of carbonyl (C=O) groups excluding carboxylic acids is 1. The maximum absolute atomic E-state index is 11.7. The number of carbonyl (C=O) groups is 1. The summed E-state index contributed by atoms with van der Waals surface area (Å²) in [5.41, 5.74) is 0. The highest BCUT2D eigenvalue weighted by Crippen LogP contribution is 2.08. The Morgan fingerprint density at radius 2 is 2.47 bits per heavy atom. The van der Waals surface area contributed by atoms with Crippen LogP contribution in [0.25, 0.3) is 0 Å². The van der Waals surface area contributed by atoms with Crippen molar-refractivity contribution in [1.29, 1.82) is 0 Å². The molecule has 0 spiro atoms. The second kappa shape index (κ2) is 6.14. The minimum atomic E-state index is 0.121. The summed E-state index contributed by atoms with van der Waals surface area (Å²) in [6.07, 6.45) is 0.929. The van der Waals surface area contributed by atoms with Crippen molar-refractivity contribution in [3.63, 3.8) is 0 Å². The van der Waals surface area contributed by atoms with Gasteiger partial charge in [0.1, 0.15) is 0 Å². The van der Waals surface area contributed by atoms with Gasteiger partial charge in [0.05, 0.1) is 6.54 Å². The maximum Gasteiger partial charge on any atom is 0.234 e. The van der Waals surface area contributed by atoms with Crippen LogP contribution in [0.2, 0.25) is 0 Å². The van der Waals surface area contributed by atoms with Crippen LogP contribution in [0.4, 0.5) is 0 Å². The standard InChI is InChI=1S/C12H19N3OS/c1-15(10-7-13-8-10)9-12(16)14-5-4-11-3-2-6-17-11/h2-3,6,10,13H,4-5,7-9H2,1H3,(H,14,16). The van der Waals surface area contributed by atoms with Gasteiger partial charge in [-0.25, -0.2) is 0 Å². The molecule has 0 bridgehead atoms. The molecule has 0 aliphatic carbocycles. The fourth-order valence-electron chi connectivity index (χ4n) is 1.78. The molecule has 2 rings (SSSR count). The maximum atomic E-state index is 11.7. The molecular formula is C12H19N3OS. The molecule has 1 aromatic rings. The normalized spacial score (nSPS) is 15.9. The number of amides is 1. The Morgan fingerprint density at radius 3 is 3.06 bits per heavy atom. The van der Waals surface area contributed by atoms with Crippen molar-refractivity contribution < 1.29 is 4.79 Å². The fraction of sp³-hybridized carbons (Fsp3) is 0.583. The smallest absolute Gasteiger partial charge is 0.234 e. The molecule has 0 saturated carbocycles. The van der Waals surface area contributed by atoms with Crippen LogP contribution in [0.15, 0.2) is 17.5 Å².